The zero-order valence-electron chi connectivity index (χ0n) is 21.5. The summed E-state index contributed by atoms with van der Waals surface area (Å²) in [6, 6.07) is 7.29. The summed E-state index contributed by atoms with van der Waals surface area (Å²) in [7, 11) is 0. The van der Waals surface area contributed by atoms with E-state index < -0.39 is 36.3 Å². The molecule has 2 aliphatic heterocycles. The maximum absolute atomic E-state index is 13.2. The van der Waals surface area contributed by atoms with Crippen LogP contribution in [-0.4, -0.2) is 69.9 Å². The fourth-order valence-electron chi connectivity index (χ4n) is 4.18. The molecule has 0 spiro atoms. The lowest BCUT2D eigenvalue weighted by Gasteiger charge is -2.29. The number of nitrogens with one attached hydrogen (secondary N) is 2. The average molecular weight is 516 g/mol. The van der Waals surface area contributed by atoms with Gasteiger partial charge in [0.2, 0.25) is 0 Å². The maximum atomic E-state index is 13.2. The predicted molar refractivity (Wildman–Crippen MR) is 134 cm³/mol. The molecule has 0 unspecified atom stereocenters. The molecule has 0 bridgehead atoms. The van der Waals surface area contributed by atoms with Crippen LogP contribution in [0.25, 0.3) is 0 Å². The van der Waals surface area contributed by atoms with Crippen LogP contribution in [-0.2, 0) is 38.1 Å². The van der Waals surface area contributed by atoms with Gasteiger partial charge < -0.3 is 34.5 Å². The van der Waals surface area contributed by atoms with E-state index in [4.69, 9.17) is 18.9 Å². The molecule has 0 atom stereocenters. The van der Waals surface area contributed by atoms with E-state index in [1.807, 2.05) is 12.1 Å². The summed E-state index contributed by atoms with van der Waals surface area (Å²) < 4.78 is 20.8. The maximum Gasteiger partial charge on any atom is 0.337 e. The lowest BCUT2D eigenvalue weighted by molar-refractivity contribution is -0.153. The van der Waals surface area contributed by atoms with Crippen LogP contribution in [0.2, 0.25) is 0 Å². The Bertz CT molecular complexity index is 1050. The van der Waals surface area contributed by atoms with Crippen molar-refractivity contribution >= 4 is 35.2 Å². The van der Waals surface area contributed by atoms with Gasteiger partial charge in [0.15, 0.2) is 6.61 Å². The van der Waals surface area contributed by atoms with Crippen molar-refractivity contribution in [3.8, 4) is 0 Å². The van der Waals surface area contributed by atoms with Crippen LogP contribution < -0.4 is 15.5 Å². The Balaban J connectivity index is 1.70. The number of dihydropyridines is 1. The van der Waals surface area contributed by atoms with Gasteiger partial charge in [-0.1, -0.05) is 0 Å². The van der Waals surface area contributed by atoms with Crippen LogP contribution in [0.4, 0.5) is 11.4 Å². The summed E-state index contributed by atoms with van der Waals surface area (Å²) in [6.45, 7) is 8.88. The molecule has 0 saturated carbocycles. The Labute approximate surface area is 215 Å². The first kappa shape index (κ1) is 27.7. The molecule has 1 saturated heterocycles. The fraction of sp³-hybridized carbons (Fsp3) is 0.462. The molecule has 37 heavy (non-hydrogen) atoms. The molecule has 2 heterocycles. The van der Waals surface area contributed by atoms with Crippen LogP contribution in [0, 0.1) is 5.92 Å². The molecule has 0 aromatic heterocycles. The standard InChI is InChI=1S/C26H33N3O8/c1-5-35-24(31)21-16(3)27-17(4)22(25(32)36-6-2)23(21)26(33)37-15-20(30)28-18-7-9-19(10-8-18)29-11-13-34-14-12-29/h7-10,23,27H,5-6,11-15H2,1-4H3,(H,28,30). The van der Waals surface area contributed by atoms with Crippen molar-refractivity contribution in [3.05, 3.63) is 46.8 Å². The smallest absolute Gasteiger partial charge is 0.337 e. The largest absolute Gasteiger partial charge is 0.463 e. The van der Waals surface area contributed by atoms with Crippen molar-refractivity contribution in [2.24, 2.45) is 5.92 Å². The number of nitrogens with zero attached hydrogens (tertiary/aromatic N) is 1. The second-order valence-corrected chi connectivity index (χ2v) is 8.38. The molecule has 2 aliphatic rings. The summed E-state index contributed by atoms with van der Waals surface area (Å²) in [5.41, 5.74) is 2.09. The first-order valence-corrected chi connectivity index (χ1v) is 12.2. The third kappa shape index (κ3) is 6.88. The number of anilines is 2. The number of carbonyl (C=O) groups excluding carboxylic acids is 4. The number of allylic oxidation sites excluding steroid dienone is 2. The number of hydrogen-bond acceptors (Lipinski definition) is 10. The van der Waals surface area contributed by atoms with E-state index >= 15 is 0 Å². The topological polar surface area (TPSA) is 132 Å². The lowest BCUT2D eigenvalue weighted by atomic mass is 9.85. The summed E-state index contributed by atoms with van der Waals surface area (Å²) >= 11 is 0. The normalized spacial score (nSPS) is 16.2. The van der Waals surface area contributed by atoms with Crippen LogP contribution in [0.3, 0.4) is 0 Å². The van der Waals surface area contributed by atoms with E-state index in [1.54, 1.807) is 39.8 Å². The molecule has 1 fully saturated rings. The molecule has 11 heteroatoms. The van der Waals surface area contributed by atoms with Crippen LogP contribution in [0.1, 0.15) is 27.7 Å². The SMILES string of the molecule is CCOC(=O)C1=C(C)NC(C)=C(C(=O)OCC)C1C(=O)OCC(=O)Nc1ccc(N2CCOCC2)cc1. The lowest BCUT2D eigenvalue weighted by Crippen LogP contribution is -2.39. The highest BCUT2D eigenvalue weighted by Crippen LogP contribution is 2.32. The fourth-order valence-corrected chi connectivity index (χ4v) is 4.18. The predicted octanol–water partition coefficient (Wildman–Crippen LogP) is 1.90. The molecule has 0 aliphatic carbocycles. The highest BCUT2D eigenvalue weighted by Gasteiger charge is 2.42. The summed E-state index contributed by atoms with van der Waals surface area (Å²) in [6.07, 6.45) is 0. The van der Waals surface area contributed by atoms with Crippen LogP contribution >= 0.6 is 0 Å². The molecular formula is C26H33N3O8. The quantitative estimate of drug-likeness (QED) is 0.371. The third-order valence-corrected chi connectivity index (χ3v) is 5.86. The molecule has 200 valence electrons. The Morgan fingerprint density at radius 1 is 0.919 bits per heavy atom. The number of amides is 1. The molecule has 0 radical (unpaired) electrons. The minimum Gasteiger partial charge on any atom is -0.463 e. The minimum atomic E-state index is -1.40. The highest BCUT2D eigenvalue weighted by atomic mass is 16.5. The Kier molecular flexibility index (Phi) is 9.67. The molecular weight excluding hydrogens is 482 g/mol. The Morgan fingerprint density at radius 2 is 1.46 bits per heavy atom. The van der Waals surface area contributed by atoms with Crippen molar-refractivity contribution in [2.75, 3.05) is 56.3 Å². The third-order valence-electron chi connectivity index (χ3n) is 5.86. The molecule has 1 aromatic carbocycles. The van der Waals surface area contributed by atoms with Gasteiger partial charge in [-0.15, -0.1) is 0 Å². The number of benzene rings is 1. The molecule has 3 rings (SSSR count). The summed E-state index contributed by atoms with van der Waals surface area (Å²) in [5.74, 6) is -4.45. The van der Waals surface area contributed by atoms with Crippen LogP contribution in [0.15, 0.2) is 46.8 Å². The highest BCUT2D eigenvalue weighted by molar-refractivity contribution is 6.06. The van der Waals surface area contributed by atoms with Gasteiger partial charge in [-0.05, 0) is 52.0 Å². The number of hydrogen-bond donors (Lipinski definition) is 2. The monoisotopic (exact) mass is 515 g/mol. The van der Waals surface area contributed by atoms with Gasteiger partial charge in [0, 0.05) is 35.9 Å². The molecule has 1 amide bonds. The van der Waals surface area contributed by atoms with Gasteiger partial charge >= 0.3 is 17.9 Å². The van der Waals surface area contributed by atoms with Crippen LogP contribution in [0.5, 0.6) is 0 Å². The summed E-state index contributed by atoms with van der Waals surface area (Å²) in [5, 5.41) is 5.61. The van der Waals surface area contributed by atoms with E-state index in [2.05, 4.69) is 15.5 Å². The first-order valence-electron chi connectivity index (χ1n) is 12.2. The van der Waals surface area contributed by atoms with Gasteiger partial charge in [-0.2, -0.15) is 0 Å². The van der Waals surface area contributed by atoms with Crippen molar-refractivity contribution in [2.45, 2.75) is 27.7 Å². The van der Waals surface area contributed by atoms with Gasteiger partial charge in [0.1, 0.15) is 5.92 Å². The molecule has 1 aromatic rings. The van der Waals surface area contributed by atoms with Crippen molar-refractivity contribution in [1.82, 2.24) is 5.32 Å². The van der Waals surface area contributed by atoms with Gasteiger partial charge in [0.05, 0.1) is 37.6 Å². The second-order valence-electron chi connectivity index (χ2n) is 8.38. The first-order chi connectivity index (χ1) is 17.8. The van der Waals surface area contributed by atoms with E-state index in [1.165, 1.54) is 0 Å². The Morgan fingerprint density at radius 3 is 1.97 bits per heavy atom. The Hall–Kier alpha value is -3.86. The van der Waals surface area contributed by atoms with Crippen molar-refractivity contribution in [1.29, 1.82) is 0 Å². The second kappa shape index (κ2) is 12.9. The average Bonchev–Trinajstić information content (AvgIpc) is 2.88. The van der Waals surface area contributed by atoms with E-state index in [-0.39, 0.29) is 24.4 Å². The van der Waals surface area contributed by atoms with E-state index in [0.717, 1.165) is 18.8 Å². The zero-order chi connectivity index (χ0) is 26.9. The van der Waals surface area contributed by atoms with Gasteiger partial charge in [-0.3, -0.25) is 9.59 Å². The van der Waals surface area contributed by atoms with Gasteiger partial charge in [-0.25, -0.2) is 9.59 Å². The zero-order valence-corrected chi connectivity index (χ0v) is 21.5. The molecule has 11 nitrogen and oxygen atoms in total. The number of rotatable bonds is 9. The van der Waals surface area contributed by atoms with Crippen molar-refractivity contribution in [3.63, 3.8) is 0 Å². The van der Waals surface area contributed by atoms with E-state index in [9.17, 15) is 19.2 Å². The number of esters is 3. The number of morpholine rings is 1. The minimum absolute atomic E-state index is 0.0698. The number of carbonyl (C=O) groups is 4. The van der Waals surface area contributed by atoms with Crippen molar-refractivity contribution < 1.29 is 38.1 Å². The van der Waals surface area contributed by atoms with Gasteiger partial charge in [0.25, 0.3) is 5.91 Å². The summed E-state index contributed by atoms with van der Waals surface area (Å²) in [4.78, 5) is 53.2. The molecule has 2 N–H and O–H groups in total. The van der Waals surface area contributed by atoms with E-state index in [0.29, 0.717) is 30.3 Å². The number of ether oxygens (including phenoxy) is 4.